The summed E-state index contributed by atoms with van der Waals surface area (Å²) in [5.41, 5.74) is 0.868. The maximum absolute atomic E-state index is 12.0. The molecular weight excluding hydrogens is 306 g/mol. The third kappa shape index (κ3) is 3.70. The monoisotopic (exact) mass is 319 g/mol. The molecule has 6 nitrogen and oxygen atoms in total. The Morgan fingerprint density at radius 3 is 1.86 bits per heavy atom. The molecule has 0 spiro atoms. The average Bonchev–Trinajstić information content (AvgIpc) is 2.47. The number of carboxylic acid groups (broad SMARTS) is 1. The fourth-order valence-corrected chi connectivity index (χ4v) is 2.38. The standard InChI is InChI=1S/C15H13NO5S/c1-22(20,21)13-8-4-10(5-9-13)14(17)16-12-6-2-11(3-7-12)15(18)19/h2-9H,1H3,(H,16,17)(H,18,19). The van der Waals surface area contributed by atoms with Gasteiger partial charge in [0.15, 0.2) is 9.84 Å². The van der Waals surface area contributed by atoms with Gasteiger partial charge in [-0.2, -0.15) is 0 Å². The van der Waals surface area contributed by atoms with Crippen molar-refractivity contribution in [2.75, 3.05) is 11.6 Å². The van der Waals surface area contributed by atoms with Crippen LogP contribution in [0.1, 0.15) is 20.7 Å². The van der Waals surface area contributed by atoms with Gasteiger partial charge in [0.2, 0.25) is 0 Å². The lowest BCUT2D eigenvalue weighted by atomic mass is 10.2. The SMILES string of the molecule is CS(=O)(=O)c1ccc(C(=O)Nc2ccc(C(=O)O)cc2)cc1. The van der Waals surface area contributed by atoms with E-state index in [0.29, 0.717) is 11.3 Å². The molecule has 0 bridgehead atoms. The van der Waals surface area contributed by atoms with Crippen LogP contribution in [0.5, 0.6) is 0 Å². The molecule has 0 aliphatic rings. The van der Waals surface area contributed by atoms with E-state index in [1.807, 2.05) is 0 Å². The summed E-state index contributed by atoms with van der Waals surface area (Å²) in [6.07, 6.45) is 1.09. The number of anilines is 1. The number of hydrogen-bond donors (Lipinski definition) is 2. The molecule has 0 unspecified atom stereocenters. The Morgan fingerprint density at radius 2 is 1.41 bits per heavy atom. The Bertz CT molecular complexity index is 808. The summed E-state index contributed by atoms with van der Waals surface area (Å²) in [7, 11) is -3.30. The Labute approximate surface area is 127 Å². The zero-order valence-electron chi connectivity index (χ0n) is 11.6. The molecule has 2 aromatic carbocycles. The van der Waals surface area contributed by atoms with Crippen molar-refractivity contribution in [2.45, 2.75) is 4.90 Å². The lowest BCUT2D eigenvalue weighted by Crippen LogP contribution is -2.12. The van der Waals surface area contributed by atoms with Crippen LogP contribution < -0.4 is 5.32 Å². The number of amides is 1. The number of carbonyl (C=O) groups excluding carboxylic acids is 1. The van der Waals surface area contributed by atoms with Crippen LogP contribution in [-0.2, 0) is 9.84 Å². The van der Waals surface area contributed by atoms with Crippen LogP contribution in [0.3, 0.4) is 0 Å². The van der Waals surface area contributed by atoms with Crippen LogP contribution in [0.15, 0.2) is 53.4 Å². The fraction of sp³-hybridized carbons (Fsp3) is 0.0667. The van der Waals surface area contributed by atoms with Crippen molar-refractivity contribution in [1.29, 1.82) is 0 Å². The van der Waals surface area contributed by atoms with Crippen molar-refractivity contribution in [3.63, 3.8) is 0 Å². The second-order valence-electron chi connectivity index (χ2n) is 4.63. The van der Waals surface area contributed by atoms with E-state index in [1.54, 1.807) is 0 Å². The third-order valence-corrected chi connectivity index (χ3v) is 4.06. The molecule has 1 amide bonds. The second kappa shape index (κ2) is 5.98. The number of sulfone groups is 1. The van der Waals surface area contributed by atoms with Gasteiger partial charge in [0.1, 0.15) is 0 Å². The van der Waals surface area contributed by atoms with E-state index in [4.69, 9.17) is 5.11 Å². The molecule has 0 saturated carbocycles. The Balaban J connectivity index is 2.13. The smallest absolute Gasteiger partial charge is 0.335 e. The summed E-state index contributed by atoms with van der Waals surface area (Å²) >= 11 is 0. The Kier molecular flexibility index (Phi) is 4.27. The topological polar surface area (TPSA) is 101 Å². The summed E-state index contributed by atoms with van der Waals surface area (Å²) in [6, 6.07) is 11.3. The van der Waals surface area contributed by atoms with Gasteiger partial charge < -0.3 is 10.4 Å². The average molecular weight is 319 g/mol. The number of carboxylic acids is 1. The van der Waals surface area contributed by atoms with E-state index >= 15 is 0 Å². The summed E-state index contributed by atoms with van der Waals surface area (Å²) < 4.78 is 22.7. The number of aromatic carboxylic acids is 1. The fourth-order valence-electron chi connectivity index (χ4n) is 1.75. The minimum Gasteiger partial charge on any atom is -0.478 e. The predicted octanol–water partition coefficient (Wildman–Crippen LogP) is 2.04. The maximum Gasteiger partial charge on any atom is 0.335 e. The van der Waals surface area contributed by atoms with E-state index in [9.17, 15) is 18.0 Å². The molecule has 2 rings (SSSR count). The van der Waals surface area contributed by atoms with Gasteiger partial charge in [0, 0.05) is 17.5 Å². The Morgan fingerprint density at radius 1 is 0.909 bits per heavy atom. The predicted molar refractivity (Wildman–Crippen MR) is 80.9 cm³/mol. The van der Waals surface area contributed by atoms with Crippen molar-refractivity contribution in [3.05, 3.63) is 59.7 Å². The summed E-state index contributed by atoms with van der Waals surface area (Å²) in [4.78, 5) is 22.9. The number of benzene rings is 2. The Hall–Kier alpha value is -2.67. The van der Waals surface area contributed by atoms with Crippen molar-refractivity contribution in [2.24, 2.45) is 0 Å². The minimum absolute atomic E-state index is 0.121. The molecule has 0 fully saturated rings. The van der Waals surface area contributed by atoms with Gasteiger partial charge in [-0.25, -0.2) is 13.2 Å². The van der Waals surface area contributed by atoms with Crippen LogP contribution >= 0.6 is 0 Å². The maximum atomic E-state index is 12.0. The van der Waals surface area contributed by atoms with E-state index in [0.717, 1.165) is 6.26 Å². The van der Waals surface area contributed by atoms with Gasteiger partial charge in [0.25, 0.3) is 5.91 Å². The molecule has 0 aliphatic heterocycles. The van der Waals surface area contributed by atoms with Gasteiger partial charge in [-0.1, -0.05) is 0 Å². The van der Waals surface area contributed by atoms with E-state index < -0.39 is 21.7 Å². The summed E-state index contributed by atoms with van der Waals surface area (Å²) in [5, 5.41) is 11.4. The highest BCUT2D eigenvalue weighted by Gasteiger charge is 2.10. The number of hydrogen-bond acceptors (Lipinski definition) is 4. The van der Waals surface area contributed by atoms with E-state index in [1.165, 1.54) is 48.5 Å². The van der Waals surface area contributed by atoms with Crippen LogP contribution in [0.25, 0.3) is 0 Å². The van der Waals surface area contributed by atoms with Crippen molar-refractivity contribution in [3.8, 4) is 0 Å². The van der Waals surface area contributed by atoms with Crippen LogP contribution in [0.4, 0.5) is 5.69 Å². The molecular formula is C15H13NO5S. The van der Waals surface area contributed by atoms with Crippen LogP contribution in [-0.4, -0.2) is 31.7 Å². The lowest BCUT2D eigenvalue weighted by Gasteiger charge is -2.06. The minimum atomic E-state index is -3.30. The van der Waals surface area contributed by atoms with Gasteiger partial charge in [-0.05, 0) is 48.5 Å². The number of rotatable bonds is 4. The highest BCUT2D eigenvalue weighted by Crippen LogP contribution is 2.14. The summed E-state index contributed by atoms with van der Waals surface area (Å²) in [6.45, 7) is 0. The molecule has 0 saturated heterocycles. The first-order chi connectivity index (χ1) is 10.3. The third-order valence-electron chi connectivity index (χ3n) is 2.93. The van der Waals surface area contributed by atoms with Gasteiger partial charge in [-0.3, -0.25) is 4.79 Å². The van der Waals surface area contributed by atoms with Crippen LogP contribution in [0.2, 0.25) is 0 Å². The molecule has 114 valence electrons. The van der Waals surface area contributed by atoms with Gasteiger partial charge in [-0.15, -0.1) is 0 Å². The number of nitrogens with one attached hydrogen (secondary N) is 1. The van der Waals surface area contributed by atoms with Gasteiger partial charge in [0.05, 0.1) is 10.5 Å². The van der Waals surface area contributed by atoms with E-state index in [-0.39, 0.29) is 10.5 Å². The molecule has 0 atom stereocenters. The molecule has 0 heterocycles. The lowest BCUT2D eigenvalue weighted by molar-refractivity contribution is 0.0696. The largest absolute Gasteiger partial charge is 0.478 e. The normalized spacial score (nSPS) is 11.0. The van der Waals surface area contributed by atoms with E-state index in [2.05, 4.69) is 5.32 Å². The van der Waals surface area contributed by atoms with Crippen molar-refractivity contribution < 1.29 is 23.1 Å². The zero-order chi connectivity index (χ0) is 16.3. The molecule has 0 aromatic heterocycles. The van der Waals surface area contributed by atoms with Gasteiger partial charge >= 0.3 is 5.97 Å². The molecule has 0 aliphatic carbocycles. The molecule has 7 heteroatoms. The highest BCUT2D eigenvalue weighted by atomic mass is 32.2. The molecule has 22 heavy (non-hydrogen) atoms. The first kappa shape index (κ1) is 15.7. The van der Waals surface area contributed by atoms with Crippen molar-refractivity contribution >= 4 is 27.4 Å². The molecule has 2 aromatic rings. The van der Waals surface area contributed by atoms with Crippen LogP contribution in [0, 0.1) is 0 Å². The quantitative estimate of drug-likeness (QED) is 0.898. The molecule has 2 N–H and O–H groups in total. The first-order valence-electron chi connectivity index (χ1n) is 6.22. The zero-order valence-corrected chi connectivity index (χ0v) is 12.4. The second-order valence-corrected chi connectivity index (χ2v) is 6.65. The van der Waals surface area contributed by atoms with Crippen molar-refractivity contribution in [1.82, 2.24) is 0 Å². The first-order valence-corrected chi connectivity index (χ1v) is 8.11. The summed E-state index contributed by atoms with van der Waals surface area (Å²) in [5.74, 6) is -1.46. The molecule has 0 radical (unpaired) electrons. The number of carbonyl (C=O) groups is 2. The highest BCUT2D eigenvalue weighted by molar-refractivity contribution is 7.90.